The highest BCUT2D eigenvalue weighted by molar-refractivity contribution is 8.16. The molecular weight excluding hydrogens is 464 g/mol. The van der Waals surface area contributed by atoms with E-state index in [1.807, 2.05) is 62.3 Å². The zero-order valence-electron chi connectivity index (χ0n) is 20.9. The summed E-state index contributed by atoms with van der Waals surface area (Å²) in [6, 6.07) is 7.72. The van der Waals surface area contributed by atoms with Gasteiger partial charge in [0, 0.05) is 31.9 Å². The standard InChI is InChI=1S/C26H34N4O4S/c1-17(2)34-25(32)23-19(4)28-26-30(24(23)20-7-5-18(3)6-8-20)21(16-35-26)15-22(31)27-9-10-29-11-13-33-14-12-29/h5-8,16-17,24H,9-15H2,1-4H3,(H,27,31). The van der Waals surface area contributed by atoms with Crippen LogP contribution in [0.5, 0.6) is 0 Å². The smallest absolute Gasteiger partial charge is 0.338 e. The van der Waals surface area contributed by atoms with E-state index >= 15 is 0 Å². The van der Waals surface area contributed by atoms with Crippen molar-refractivity contribution in [2.24, 2.45) is 4.99 Å². The SMILES string of the molecule is CC1=C(C(=O)OC(C)C)C(c2ccc(C)cc2)N2C(CC(=O)NCCN3CCOCC3)=CSC2=N1. The van der Waals surface area contributed by atoms with Crippen molar-refractivity contribution >= 4 is 28.8 Å². The summed E-state index contributed by atoms with van der Waals surface area (Å²) in [5.41, 5.74) is 4.07. The fourth-order valence-electron chi connectivity index (χ4n) is 4.38. The largest absolute Gasteiger partial charge is 0.459 e. The van der Waals surface area contributed by atoms with Crippen molar-refractivity contribution in [2.75, 3.05) is 39.4 Å². The average molecular weight is 499 g/mol. The number of hydrogen-bond acceptors (Lipinski definition) is 8. The molecule has 1 aromatic carbocycles. The van der Waals surface area contributed by atoms with Crippen molar-refractivity contribution in [1.29, 1.82) is 0 Å². The van der Waals surface area contributed by atoms with Crippen molar-refractivity contribution in [3.05, 3.63) is 57.8 Å². The van der Waals surface area contributed by atoms with Crippen LogP contribution >= 0.6 is 11.8 Å². The molecule has 1 unspecified atom stereocenters. The van der Waals surface area contributed by atoms with Gasteiger partial charge in [0.2, 0.25) is 5.91 Å². The molecular formula is C26H34N4O4S. The van der Waals surface area contributed by atoms with E-state index in [1.54, 1.807) is 0 Å². The number of rotatable bonds is 8. The summed E-state index contributed by atoms with van der Waals surface area (Å²) in [7, 11) is 0. The molecule has 3 aliphatic heterocycles. The van der Waals surface area contributed by atoms with Gasteiger partial charge in [0.1, 0.15) is 0 Å². The fraction of sp³-hybridized carbons (Fsp3) is 0.500. The number of thioether (sulfide) groups is 1. The Morgan fingerprint density at radius 3 is 2.60 bits per heavy atom. The molecule has 0 saturated carbocycles. The first kappa shape index (κ1) is 25.5. The molecule has 1 fully saturated rings. The van der Waals surface area contributed by atoms with Crippen molar-refractivity contribution in [3.63, 3.8) is 0 Å². The van der Waals surface area contributed by atoms with Crippen LogP contribution in [0.4, 0.5) is 0 Å². The molecule has 1 aromatic rings. The number of benzene rings is 1. The number of aryl methyl sites for hydroxylation is 1. The third-order valence-corrected chi connectivity index (χ3v) is 7.04. The van der Waals surface area contributed by atoms with Crippen LogP contribution in [0.15, 0.2) is 51.6 Å². The average Bonchev–Trinajstić information content (AvgIpc) is 3.20. The van der Waals surface area contributed by atoms with Gasteiger partial charge in [0.25, 0.3) is 0 Å². The monoisotopic (exact) mass is 498 g/mol. The number of ether oxygens (including phenoxy) is 2. The number of nitrogens with zero attached hydrogens (tertiary/aromatic N) is 3. The summed E-state index contributed by atoms with van der Waals surface area (Å²) in [6.07, 6.45) is -0.0321. The van der Waals surface area contributed by atoms with Crippen LogP contribution in [0.25, 0.3) is 0 Å². The van der Waals surface area contributed by atoms with Gasteiger partial charge in [-0.15, -0.1) is 0 Å². The summed E-state index contributed by atoms with van der Waals surface area (Å²) in [4.78, 5) is 35.1. The molecule has 9 heteroatoms. The molecule has 3 heterocycles. The van der Waals surface area contributed by atoms with Gasteiger partial charge in [-0.3, -0.25) is 9.69 Å². The second-order valence-electron chi connectivity index (χ2n) is 9.24. The predicted octanol–water partition coefficient (Wildman–Crippen LogP) is 3.36. The van der Waals surface area contributed by atoms with Crippen LogP contribution in [-0.4, -0.2) is 72.3 Å². The molecule has 3 aliphatic rings. The van der Waals surface area contributed by atoms with Crippen LogP contribution in [0.3, 0.4) is 0 Å². The molecule has 1 atom stereocenters. The Morgan fingerprint density at radius 1 is 1.20 bits per heavy atom. The molecule has 0 bridgehead atoms. The third kappa shape index (κ3) is 6.15. The lowest BCUT2D eigenvalue weighted by atomic mass is 9.93. The van der Waals surface area contributed by atoms with Gasteiger partial charge < -0.3 is 19.7 Å². The van der Waals surface area contributed by atoms with Crippen molar-refractivity contribution in [3.8, 4) is 0 Å². The number of fused-ring (bicyclic) bond motifs is 1. The molecule has 35 heavy (non-hydrogen) atoms. The Morgan fingerprint density at radius 2 is 1.91 bits per heavy atom. The lowest BCUT2D eigenvalue weighted by Crippen LogP contribution is -2.42. The number of amidine groups is 1. The van der Waals surface area contributed by atoms with Gasteiger partial charge >= 0.3 is 5.97 Å². The first-order valence-corrected chi connectivity index (χ1v) is 13.0. The molecule has 1 N–H and O–H groups in total. The Balaban J connectivity index is 1.52. The molecule has 8 nitrogen and oxygen atoms in total. The lowest BCUT2D eigenvalue weighted by Gasteiger charge is -2.36. The minimum Gasteiger partial charge on any atom is -0.459 e. The summed E-state index contributed by atoms with van der Waals surface area (Å²) in [5, 5.41) is 5.77. The summed E-state index contributed by atoms with van der Waals surface area (Å²) >= 11 is 1.48. The van der Waals surface area contributed by atoms with Crippen LogP contribution in [0.1, 0.15) is 44.4 Å². The first-order valence-electron chi connectivity index (χ1n) is 12.1. The molecule has 0 aliphatic carbocycles. The van der Waals surface area contributed by atoms with E-state index < -0.39 is 6.04 Å². The highest BCUT2D eigenvalue weighted by Crippen LogP contribution is 2.44. The number of carbonyl (C=O) groups is 2. The Bertz CT molecular complexity index is 1040. The molecule has 4 rings (SSSR count). The highest BCUT2D eigenvalue weighted by atomic mass is 32.2. The molecule has 188 valence electrons. The minimum absolute atomic E-state index is 0.0494. The number of morpholine rings is 1. The van der Waals surface area contributed by atoms with Crippen LogP contribution in [0, 0.1) is 6.92 Å². The fourth-order valence-corrected chi connectivity index (χ4v) is 5.34. The van der Waals surface area contributed by atoms with E-state index in [4.69, 9.17) is 14.5 Å². The maximum absolute atomic E-state index is 13.2. The third-order valence-electron chi connectivity index (χ3n) is 6.15. The van der Waals surface area contributed by atoms with Gasteiger partial charge in [-0.1, -0.05) is 41.6 Å². The maximum Gasteiger partial charge on any atom is 0.338 e. The van der Waals surface area contributed by atoms with Gasteiger partial charge in [0.15, 0.2) is 5.17 Å². The van der Waals surface area contributed by atoms with Crippen molar-refractivity contribution in [2.45, 2.75) is 46.3 Å². The number of carbonyl (C=O) groups excluding carboxylic acids is 2. The molecule has 1 amide bonds. The second kappa shape index (κ2) is 11.4. The molecule has 0 spiro atoms. The quantitative estimate of drug-likeness (QED) is 0.550. The van der Waals surface area contributed by atoms with Crippen LogP contribution in [0.2, 0.25) is 0 Å². The van der Waals surface area contributed by atoms with Gasteiger partial charge in [-0.25, -0.2) is 9.79 Å². The topological polar surface area (TPSA) is 83.5 Å². The van der Waals surface area contributed by atoms with Gasteiger partial charge in [0.05, 0.1) is 43.1 Å². The number of esters is 1. The van der Waals surface area contributed by atoms with Crippen LogP contribution in [-0.2, 0) is 19.1 Å². The first-order chi connectivity index (χ1) is 16.8. The number of nitrogens with one attached hydrogen (secondary N) is 1. The number of allylic oxidation sites excluding steroid dienone is 1. The zero-order valence-corrected chi connectivity index (χ0v) is 21.7. The number of aliphatic imine (C=N–C) groups is 1. The predicted molar refractivity (Wildman–Crippen MR) is 138 cm³/mol. The van der Waals surface area contributed by atoms with E-state index in [9.17, 15) is 9.59 Å². The minimum atomic E-state index is -0.406. The number of hydrogen-bond donors (Lipinski definition) is 1. The van der Waals surface area contributed by atoms with E-state index in [1.165, 1.54) is 11.8 Å². The second-order valence-corrected chi connectivity index (χ2v) is 10.1. The summed E-state index contributed by atoms with van der Waals surface area (Å²) in [5.74, 6) is -0.427. The Hall–Kier alpha value is -2.62. The molecule has 0 radical (unpaired) electrons. The van der Waals surface area contributed by atoms with E-state index in [0.717, 1.165) is 54.8 Å². The Kier molecular flexibility index (Phi) is 8.30. The van der Waals surface area contributed by atoms with Gasteiger partial charge in [-0.05, 0) is 38.7 Å². The van der Waals surface area contributed by atoms with Crippen LogP contribution < -0.4 is 5.32 Å². The van der Waals surface area contributed by atoms with Crippen molar-refractivity contribution in [1.82, 2.24) is 15.1 Å². The molecule has 0 aromatic heterocycles. The lowest BCUT2D eigenvalue weighted by molar-refractivity contribution is -0.143. The summed E-state index contributed by atoms with van der Waals surface area (Å²) in [6.45, 7) is 12.2. The normalized spacial score (nSPS) is 20.5. The zero-order chi connectivity index (χ0) is 24.9. The van der Waals surface area contributed by atoms with E-state index in [0.29, 0.717) is 17.8 Å². The van der Waals surface area contributed by atoms with Gasteiger partial charge in [-0.2, -0.15) is 0 Å². The molecule has 1 saturated heterocycles. The number of amides is 1. The van der Waals surface area contributed by atoms with E-state index in [-0.39, 0.29) is 24.4 Å². The van der Waals surface area contributed by atoms with E-state index in [2.05, 4.69) is 10.2 Å². The Labute approximate surface area is 211 Å². The summed E-state index contributed by atoms with van der Waals surface area (Å²) < 4.78 is 11.0. The van der Waals surface area contributed by atoms with Crippen molar-refractivity contribution < 1.29 is 19.1 Å². The highest BCUT2D eigenvalue weighted by Gasteiger charge is 2.41. The maximum atomic E-state index is 13.2.